The molecule has 3 nitrogen and oxygen atoms in total. The second kappa shape index (κ2) is 5.88. The predicted octanol–water partition coefficient (Wildman–Crippen LogP) is 3.52. The zero-order chi connectivity index (χ0) is 13.2. The molecule has 18 heavy (non-hydrogen) atoms. The van der Waals surface area contributed by atoms with E-state index < -0.39 is 0 Å². The van der Waals surface area contributed by atoms with Gasteiger partial charge in [0.25, 0.3) is 0 Å². The largest absolute Gasteiger partial charge is 0.324 e. The highest BCUT2D eigenvalue weighted by Gasteiger charge is 2.39. The van der Waals surface area contributed by atoms with Gasteiger partial charge in [-0.3, -0.25) is 4.79 Å². The minimum absolute atomic E-state index is 0.0839. The molecule has 0 aromatic heterocycles. The second-order valence-corrected chi connectivity index (χ2v) is 6.57. The van der Waals surface area contributed by atoms with Crippen LogP contribution in [0.4, 0.5) is 5.69 Å². The summed E-state index contributed by atoms with van der Waals surface area (Å²) in [5.41, 5.74) is 0.479. The number of hydrogen-bond acceptors (Lipinski definition) is 2. The Hall–Kier alpha value is -0.140. The number of halogens is 2. The van der Waals surface area contributed by atoms with E-state index in [1.807, 2.05) is 18.2 Å². The summed E-state index contributed by atoms with van der Waals surface area (Å²) in [6.45, 7) is 2.99. The Kier molecular flexibility index (Phi) is 4.66. The molecule has 2 N–H and O–H groups in total. The highest BCUT2D eigenvalue weighted by Crippen LogP contribution is 2.27. The molecule has 1 aromatic carbocycles. The molecule has 1 heterocycles. The molecule has 5 heteroatoms. The maximum atomic E-state index is 12.4. The number of carbonyl (C=O) groups is 1. The number of amides is 1. The molecule has 0 aliphatic carbocycles. The van der Waals surface area contributed by atoms with E-state index in [1.54, 1.807) is 0 Å². The molecule has 1 aliphatic heterocycles. The zero-order valence-corrected chi connectivity index (χ0v) is 14.0. The summed E-state index contributed by atoms with van der Waals surface area (Å²) in [4.78, 5) is 12.4. The van der Waals surface area contributed by atoms with E-state index >= 15 is 0 Å². The molecule has 0 spiro atoms. The lowest BCUT2D eigenvalue weighted by molar-refractivity contribution is -0.122. The molecular formula is C13H16BrIN2O. The normalized spacial score (nSPS) is 23.1. The van der Waals surface area contributed by atoms with Gasteiger partial charge in [-0.15, -0.1) is 0 Å². The maximum Gasteiger partial charge on any atom is 0.244 e. The number of carbonyl (C=O) groups excluding carboxylic acids is 1. The van der Waals surface area contributed by atoms with Gasteiger partial charge in [0, 0.05) is 13.7 Å². The van der Waals surface area contributed by atoms with Gasteiger partial charge in [-0.05, 0) is 82.5 Å². The molecule has 1 fully saturated rings. The SMILES string of the molecule is CCC1(C(=O)Nc2ccc(Br)c(I)c2)CCCN1. The fraction of sp³-hybridized carbons (Fsp3) is 0.462. The van der Waals surface area contributed by atoms with Crippen LogP contribution in [0, 0.1) is 3.57 Å². The number of hydrogen-bond donors (Lipinski definition) is 2. The number of rotatable bonds is 3. The minimum Gasteiger partial charge on any atom is -0.324 e. The van der Waals surface area contributed by atoms with Crippen LogP contribution in [0.2, 0.25) is 0 Å². The quantitative estimate of drug-likeness (QED) is 0.731. The van der Waals surface area contributed by atoms with Gasteiger partial charge in [-0.1, -0.05) is 6.92 Å². The molecule has 1 saturated heterocycles. The van der Waals surface area contributed by atoms with Crippen LogP contribution in [0.3, 0.4) is 0 Å². The van der Waals surface area contributed by atoms with Crippen molar-refractivity contribution in [3.05, 3.63) is 26.2 Å². The van der Waals surface area contributed by atoms with Crippen LogP contribution in [0.15, 0.2) is 22.7 Å². The standard InChI is InChI=1S/C13H16BrIN2O/c1-2-13(6-3-7-16-13)12(18)17-9-4-5-10(14)11(15)8-9/h4-5,8,16H,2-3,6-7H2,1H3,(H,17,18). The first-order valence-electron chi connectivity index (χ1n) is 6.09. The molecule has 1 atom stereocenters. The lowest BCUT2D eigenvalue weighted by Crippen LogP contribution is -2.50. The first-order valence-corrected chi connectivity index (χ1v) is 7.96. The van der Waals surface area contributed by atoms with Crippen molar-refractivity contribution in [1.82, 2.24) is 5.32 Å². The molecule has 1 aliphatic rings. The Morgan fingerprint density at radius 1 is 1.61 bits per heavy atom. The molecule has 2 rings (SSSR count). The van der Waals surface area contributed by atoms with Gasteiger partial charge in [-0.25, -0.2) is 0 Å². The summed E-state index contributed by atoms with van der Waals surface area (Å²) < 4.78 is 2.14. The van der Waals surface area contributed by atoms with Crippen LogP contribution in [0.25, 0.3) is 0 Å². The number of nitrogens with one attached hydrogen (secondary N) is 2. The average molecular weight is 423 g/mol. The van der Waals surface area contributed by atoms with E-state index in [0.717, 1.165) is 39.5 Å². The van der Waals surface area contributed by atoms with Gasteiger partial charge in [0.15, 0.2) is 0 Å². The van der Waals surface area contributed by atoms with Gasteiger partial charge >= 0.3 is 0 Å². The molecule has 1 amide bonds. The van der Waals surface area contributed by atoms with E-state index in [1.165, 1.54) is 0 Å². The number of benzene rings is 1. The smallest absolute Gasteiger partial charge is 0.244 e. The Bertz CT molecular complexity index is 458. The summed E-state index contributed by atoms with van der Waals surface area (Å²) in [6.07, 6.45) is 2.81. The molecule has 1 unspecified atom stereocenters. The van der Waals surface area contributed by atoms with Crippen LogP contribution in [-0.4, -0.2) is 18.0 Å². The minimum atomic E-state index is -0.376. The Morgan fingerprint density at radius 2 is 2.39 bits per heavy atom. The molecule has 0 saturated carbocycles. The van der Waals surface area contributed by atoms with Crippen molar-refractivity contribution in [2.75, 3.05) is 11.9 Å². The van der Waals surface area contributed by atoms with E-state index in [0.29, 0.717) is 0 Å². The molecule has 98 valence electrons. The van der Waals surface area contributed by atoms with Crippen LogP contribution >= 0.6 is 38.5 Å². The van der Waals surface area contributed by atoms with Gasteiger partial charge in [0.05, 0.1) is 5.54 Å². The molecule has 0 radical (unpaired) electrons. The summed E-state index contributed by atoms with van der Waals surface area (Å²) in [6, 6.07) is 5.85. The van der Waals surface area contributed by atoms with Gasteiger partial charge < -0.3 is 10.6 Å². The predicted molar refractivity (Wildman–Crippen MR) is 85.7 cm³/mol. The summed E-state index contributed by atoms with van der Waals surface area (Å²) in [7, 11) is 0. The molecule has 0 bridgehead atoms. The third-order valence-electron chi connectivity index (χ3n) is 3.46. The second-order valence-electron chi connectivity index (χ2n) is 4.55. The van der Waals surface area contributed by atoms with Crippen molar-refractivity contribution >= 4 is 50.1 Å². The summed E-state index contributed by atoms with van der Waals surface area (Å²) >= 11 is 5.70. The molecular weight excluding hydrogens is 407 g/mol. The van der Waals surface area contributed by atoms with E-state index in [-0.39, 0.29) is 11.4 Å². The van der Waals surface area contributed by atoms with E-state index in [2.05, 4.69) is 56.1 Å². The lowest BCUT2D eigenvalue weighted by atomic mass is 9.93. The van der Waals surface area contributed by atoms with Crippen molar-refractivity contribution in [2.24, 2.45) is 0 Å². The van der Waals surface area contributed by atoms with Crippen molar-refractivity contribution in [1.29, 1.82) is 0 Å². The van der Waals surface area contributed by atoms with Crippen molar-refractivity contribution in [2.45, 2.75) is 31.7 Å². The highest BCUT2D eigenvalue weighted by molar-refractivity contribution is 14.1. The number of anilines is 1. The van der Waals surface area contributed by atoms with Crippen LogP contribution in [0.5, 0.6) is 0 Å². The lowest BCUT2D eigenvalue weighted by Gasteiger charge is -2.26. The van der Waals surface area contributed by atoms with Crippen molar-refractivity contribution in [3.8, 4) is 0 Å². The van der Waals surface area contributed by atoms with Gasteiger partial charge in [0.1, 0.15) is 0 Å². The fourth-order valence-corrected chi connectivity index (χ4v) is 3.05. The first-order chi connectivity index (χ1) is 8.57. The van der Waals surface area contributed by atoms with Crippen LogP contribution in [-0.2, 0) is 4.79 Å². The molecule has 1 aromatic rings. The van der Waals surface area contributed by atoms with E-state index in [9.17, 15) is 4.79 Å². The van der Waals surface area contributed by atoms with Crippen molar-refractivity contribution < 1.29 is 4.79 Å². The summed E-state index contributed by atoms with van der Waals surface area (Å²) in [5, 5.41) is 6.36. The average Bonchev–Trinajstić information content (AvgIpc) is 2.84. The fourth-order valence-electron chi connectivity index (χ4n) is 2.29. The third kappa shape index (κ3) is 2.88. The topological polar surface area (TPSA) is 41.1 Å². The van der Waals surface area contributed by atoms with E-state index in [4.69, 9.17) is 0 Å². The first kappa shape index (κ1) is 14.3. The third-order valence-corrected chi connectivity index (χ3v) is 5.78. The Balaban J connectivity index is 2.13. The Labute approximate surface area is 129 Å². The van der Waals surface area contributed by atoms with Gasteiger partial charge in [0.2, 0.25) is 5.91 Å². The van der Waals surface area contributed by atoms with Crippen LogP contribution in [0.1, 0.15) is 26.2 Å². The monoisotopic (exact) mass is 422 g/mol. The highest BCUT2D eigenvalue weighted by atomic mass is 127. The van der Waals surface area contributed by atoms with Gasteiger partial charge in [-0.2, -0.15) is 0 Å². The maximum absolute atomic E-state index is 12.4. The van der Waals surface area contributed by atoms with Crippen molar-refractivity contribution in [3.63, 3.8) is 0 Å². The zero-order valence-electron chi connectivity index (χ0n) is 10.2. The summed E-state index contributed by atoms with van der Waals surface area (Å²) in [5.74, 6) is 0.0839. The Morgan fingerprint density at radius 3 is 2.94 bits per heavy atom. The van der Waals surface area contributed by atoms with Crippen LogP contribution < -0.4 is 10.6 Å².